The first kappa shape index (κ1) is 47.2. The number of carboxylic acids is 2. The predicted octanol–water partition coefficient (Wildman–Crippen LogP) is 9.31. The molecule has 0 spiro atoms. The molecule has 6 aromatic rings. The summed E-state index contributed by atoms with van der Waals surface area (Å²) in [6, 6.07) is 27.5. The highest BCUT2D eigenvalue weighted by molar-refractivity contribution is 5.83. The Balaban J connectivity index is 0.000000238. The van der Waals surface area contributed by atoms with E-state index in [1.807, 2.05) is 48.5 Å². The van der Waals surface area contributed by atoms with Crippen LogP contribution in [0.5, 0.6) is 11.5 Å². The summed E-state index contributed by atoms with van der Waals surface area (Å²) in [4.78, 5) is 41.3. The number of rotatable bonds is 25. The first-order valence-electron chi connectivity index (χ1n) is 21.0. The Morgan fingerprint density at radius 2 is 1.08 bits per heavy atom. The van der Waals surface area contributed by atoms with E-state index in [2.05, 4.69) is 15.2 Å². The minimum absolute atomic E-state index is 0.0369. The summed E-state index contributed by atoms with van der Waals surface area (Å²) in [5.74, 6) is 1.54. The standard InChI is InChI=1S/C24H27N3O4.C23H27N3O6/c1-30-14-5-13-27-22-16-20(31-15-4-2-3-6-23(28)29)11-12-21(22)26-24(27)19-9-7-18(17-25)8-10-19;1-31-14-5-13-25-21-16-19(32-15-4-2-3-6-22(27)28)11-12-20(21)24-23(25)17-7-9-18(10-8-17)26(29)30/h7-12,16H,2-6,13-15H2,1H3,(H,28,29);7-12,16H,2-6,13-15H2,1H3,(H,27,28). The van der Waals surface area contributed by atoms with Crippen LogP contribution in [0.15, 0.2) is 84.9 Å². The number of nitriles is 1. The summed E-state index contributed by atoms with van der Waals surface area (Å²) in [6.07, 6.45) is 6.54. The monoisotopic (exact) mass is 862 g/mol. The fourth-order valence-corrected chi connectivity index (χ4v) is 6.93. The maximum atomic E-state index is 11.0. The molecule has 0 fully saturated rings. The van der Waals surface area contributed by atoms with Crippen LogP contribution in [0.4, 0.5) is 5.69 Å². The van der Waals surface area contributed by atoms with Gasteiger partial charge in [-0.25, -0.2) is 9.97 Å². The van der Waals surface area contributed by atoms with Crippen molar-refractivity contribution in [1.82, 2.24) is 19.1 Å². The number of fused-ring (bicyclic) bond motifs is 2. The van der Waals surface area contributed by atoms with Gasteiger partial charge in [-0.3, -0.25) is 19.7 Å². The molecular weight excluding hydrogens is 809 g/mol. The number of imidazole rings is 2. The number of hydrogen-bond donors (Lipinski definition) is 2. The summed E-state index contributed by atoms with van der Waals surface area (Å²) < 4.78 is 26.4. The minimum Gasteiger partial charge on any atom is -0.494 e. The topological polar surface area (TPSA) is 214 Å². The molecule has 0 aliphatic heterocycles. The summed E-state index contributed by atoms with van der Waals surface area (Å²) in [7, 11) is 3.35. The van der Waals surface area contributed by atoms with E-state index < -0.39 is 16.9 Å². The Bertz CT molecular complexity index is 2460. The van der Waals surface area contributed by atoms with Crippen LogP contribution >= 0.6 is 0 Å². The van der Waals surface area contributed by atoms with E-state index in [-0.39, 0.29) is 18.5 Å². The second kappa shape index (κ2) is 24.6. The third kappa shape index (κ3) is 14.1. The first-order chi connectivity index (χ1) is 30.6. The molecule has 6 rings (SSSR count). The molecule has 0 radical (unpaired) electrons. The van der Waals surface area contributed by atoms with Gasteiger partial charge >= 0.3 is 11.9 Å². The number of nitro benzene ring substituents is 1. The third-order valence-corrected chi connectivity index (χ3v) is 10.1. The molecule has 0 aliphatic rings. The lowest BCUT2D eigenvalue weighted by atomic mass is 10.1. The van der Waals surface area contributed by atoms with Crippen LogP contribution in [-0.2, 0) is 32.2 Å². The molecular formula is C47H54N6O10. The van der Waals surface area contributed by atoms with Gasteiger partial charge in [-0.05, 0) is 112 Å². The van der Waals surface area contributed by atoms with Crippen molar-refractivity contribution in [3.63, 3.8) is 0 Å². The summed E-state index contributed by atoms with van der Waals surface area (Å²) in [5.41, 5.74) is 5.99. The number of aromatic nitrogens is 4. The average Bonchev–Trinajstić information content (AvgIpc) is 3.83. The maximum Gasteiger partial charge on any atom is 0.303 e. The molecule has 16 nitrogen and oxygen atoms in total. The number of methoxy groups -OCH3 is 2. The molecule has 0 amide bonds. The number of carboxylic acid groups (broad SMARTS) is 2. The molecule has 0 atom stereocenters. The Kier molecular flexibility index (Phi) is 18.4. The van der Waals surface area contributed by atoms with Gasteiger partial charge in [0.15, 0.2) is 0 Å². The number of unbranched alkanes of at least 4 members (excludes halogenated alkanes) is 4. The quantitative estimate of drug-likeness (QED) is 0.0312. The third-order valence-electron chi connectivity index (χ3n) is 10.1. The smallest absolute Gasteiger partial charge is 0.303 e. The molecule has 0 saturated carbocycles. The SMILES string of the molecule is COCCCn1c(-c2ccc(C#N)cc2)nc2ccc(OCCCCCC(=O)O)cc21.COCCCn1c(-c2ccc([N+](=O)[O-])cc2)nc2ccc(OCCCCCC(=O)O)cc21. The van der Waals surface area contributed by atoms with E-state index in [1.165, 1.54) is 12.1 Å². The lowest BCUT2D eigenvalue weighted by Crippen LogP contribution is -2.04. The van der Waals surface area contributed by atoms with Crippen molar-refractivity contribution >= 4 is 39.7 Å². The molecule has 2 heterocycles. The van der Waals surface area contributed by atoms with Gasteiger partial charge in [0.25, 0.3) is 5.69 Å². The number of ether oxygens (including phenoxy) is 4. The van der Waals surface area contributed by atoms with Gasteiger partial charge in [-0.15, -0.1) is 0 Å². The molecule has 0 saturated heterocycles. The molecule has 63 heavy (non-hydrogen) atoms. The number of aryl methyl sites for hydroxylation is 2. The molecule has 0 aliphatic carbocycles. The molecule has 4 aromatic carbocycles. The first-order valence-corrected chi connectivity index (χ1v) is 21.0. The normalized spacial score (nSPS) is 10.9. The van der Waals surface area contributed by atoms with Crippen LogP contribution in [0, 0.1) is 21.4 Å². The lowest BCUT2D eigenvalue weighted by Gasteiger charge is -2.10. The van der Waals surface area contributed by atoms with Gasteiger partial charge in [-0.1, -0.05) is 0 Å². The number of nitro groups is 1. The van der Waals surface area contributed by atoms with Gasteiger partial charge in [0.1, 0.15) is 23.1 Å². The fourth-order valence-electron chi connectivity index (χ4n) is 6.93. The number of aliphatic carboxylic acids is 2. The Morgan fingerprint density at radius 3 is 1.48 bits per heavy atom. The van der Waals surface area contributed by atoms with Gasteiger partial charge < -0.3 is 38.3 Å². The van der Waals surface area contributed by atoms with Crippen molar-refractivity contribution in [2.24, 2.45) is 0 Å². The highest BCUT2D eigenvalue weighted by Crippen LogP contribution is 2.31. The average molecular weight is 863 g/mol. The number of hydrogen-bond acceptors (Lipinski definition) is 11. The highest BCUT2D eigenvalue weighted by atomic mass is 16.6. The highest BCUT2D eigenvalue weighted by Gasteiger charge is 2.16. The number of nitrogens with zero attached hydrogens (tertiary/aromatic N) is 6. The van der Waals surface area contributed by atoms with E-state index in [0.717, 1.165) is 101 Å². The lowest BCUT2D eigenvalue weighted by molar-refractivity contribution is -0.384. The van der Waals surface area contributed by atoms with Crippen LogP contribution in [0.3, 0.4) is 0 Å². The minimum atomic E-state index is -0.776. The van der Waals surface area contributed by atoms with Crippen LogP contribution in [0.25, 0.3) is 44.8 Å². The molecule has 0 unspecified atom stereocenters. The Labute approximate surface area is 365 Å². The van der Waals surface area contributed by atoms with Gasteiger partial charge in [0.2, 0.25) is 0 Å². The zero-order chi connectivity index (χ0) is 45.0. The summed E-state index contributed by atoms with van der Waals surface area (Å²) >= 11 is 0. The fraction of sp³-hybridized carbons (Fsp3) is 0.383. The van der Waals surface area contributed by atoms with Crippen LogP contribution in [0.1, 0.15) is 69.8 Å². The van der Waals surface area contributed by atoms with E-state index in [4.69, 9.17) is 44.4 Å². The van der Waals surface area contributed by atoms with Gasteiger partial charge in [-0.2, -0.15) is 5.26 Å². The van der Waals surface area contributed by atoms with E-state index in [1.54, 1.807) is 38.5 Å². The van der Waals surface area contributed by atoms with E-state index in [9.17, 15) is 19.7 Å². The second-order valence-electron chi connectivity index (χ2n) is 14.8. The molecule has 2 N–H and O–H groups in total. The van der Waals surface area contributed by atoms with Crippen LogP contribution in [-0.4, -0.2) is 86.8 Å². The summed E-state index contributed by atoms with van der Waals surface area (Å²) in [5, 5.41) is 37.4. The summed E-state index contributed by atoms with van der Waals surface area (Å²) in [6.45, 7) is 3.74. The predicted molar refractivity (Wildman–Crippen MR) is 238 cm³/mol. The van der Waals surface area contributed by atoms with E-state index in [0.29, 0.717) is 51.4 Å². The largest absolute Gasteiger partial charge is 0.494 e. The number of benzene rings is 4. The van der Waals surface area contributed by atoms with Gasteiger partial charge in [0.05, 0.1) is 51.8 Å². The number of non-ortho nitro benzene ring substituents is 1. The van der Waals surface area contributed by atoms with Crippen LogP contribution in [0.2, 0.25) is 0 Å². The zero-order valence-corrected chi connectivity index (χ0v) is 35.7. The van der Waals surface area contributed by atoms with Crippen LogP contribution < -0.4 is 9.47 Å². The van der Waals surface area contributed by atoms with Crippen molar-refractivity contribution in [2.45, 2.75) is 77.3 Å². The van der Waals surface area contributed by atoms with Gasteiger partial charge in [0, 0.05) is 88.8 Å². The van der Waals surface area contributed by atoms with Crippen molar-refractivity contribution in [3.05, 3.63) is 101 Å². The Hall–Kier alpha value is -6.83. The molecule has 332 valence electrons. The number of carbonyl (C=O) groups is 2. The molecule has 16 heteroatoms. The van der Waals surface area contributed by atoms with Crippen molar-refractivity contribution < 1.29 is 43.7 Å². The van der Waals surface area contributed by atoms with E-state index >= 15 is 0 Å². The zero-order valence-electron chi connectivity index (χ0n) is 35.7. The van der Waals surface area contributed by atoms with Crippen molar-refractivity contribution in [1.29, 1.82) is 5.26 Å². The Morgan fingerprint density at radius 1 is 0.635 bits per heavy atom. The molecule has 2 aromatic heterocycles. The maximum absolute atomic E-state index is 11.0. The second-order valence-corrected chi connectivity index (χ2v) is 14.8. The van der Waals surface area contributed by atoms with Crippen molar-refractivity contribution in [2.75, 3.05) is 40.6 Å². The molecule has 0 bridgehead atoms. The van der Waals surface area contributed by atoms with Crippen molar-refractivity contribution in [3.8, 4) is 40.3 Å².